The number of carbonyl (C=O) groups excluding carboxylic acids is 2. The van der Waals surface area contributed by atoms with Gasteiger partial charge in [0.2, 0.25) is 5.91 Å². The Hall–Kier alpha value is -4.19. The van der Waals surface area contributed by atoms with Crippen molar-refractivity contribution in [2.24, 2.45) is 0 Å². The lowest BCUT2D eigenvalue weighted by Crippen LogP contribution is -2.44. The van der Waals surface area contributed by atoms with Crippen molar-refractivity contribution in [3.8, 4) is 16.9 Å². The standard InChI is InChI=1S/C40H53N5O6/c1-7-45(30-11-9-29(10-12-30)44(4)16-19-49-5)35-23-28(27-8-13-33-34(22-27)43-39(48)40(33)14-17-51-18-15-40)21-31(26(35)3)37(46)41-24-32-36(50-6)20-25(2)42-38(32)47/h8,13,20-23,29-30H,7,9-12,14-19,24H2,1-6H3,(H,41,46)(H,42,47)(H,43,48). The number of H-pyrrole nitrogens is 1. The Balaban J connectivity index is 1.35. The molecule has 51 heavy (non-hydrogen) atoms. The van der Waals surface area contributed by atoms with Gasteiger partial charge in [0.15, 0.2) is 0 Å². The Morgan fingerprint density at radius 1 is 1.00 bits per heavy atom. The van der Waals surface area contributed by atoms with Crippen LogP contribution in [0.5, 0.6) is 5.75 Å². The minimum Gasteiger partial charge on any atom is -0.496 e. The number of aromatic amines is 1. The van der Waals surface area contributed by atoms with E-state index < -0.39 is 5.41 Å². The monoisotopic (exact) mass is 699 g/mol. The molecule has 274 valence electrons. The van der Waals surface area contributed by atoms with Crippen LogP contribution in [-0.2, 0) is 26.2 Å². The Bertz CT molecular complexity index is 1810. The number of pyridine rings is 1. The maximum absolute atomic E-state index is 14.1. The molecule has 3 N–H and O–H groups in total. The van der Waals surface area contributed by atoms with E-state index in [1.54, 1.807) is 20.1 Å². The molecule has 1 aliphatic carbocycles. The smallest absolute Gasteiger partial charge is 0.256 e. The number of hydrogen-bond donors (Lipinski definition) is 3. The van der Waals surface area contributed by atoms with Crippen LogP contribution in [0.25, 0.3) is 11.1 Å². The molecule has 11 heteroatoms. The molecule has 0 bridgehead atoms. The molecule has 3 aromatic rings. The number of anilines is 2. The largest absolute Gasteiger partial charge is 0.496 e. The predicted octanol–water partition coefficient (Wildman–Crippen LogP) is 5.31. The zero-order valence-electron chi connectivity index (χ0n) is 30.9. The zero-order chi connectivity index (χ0) is 36.3. The van der Waals surface area contributed by atoms with Crippen LogP contribution >= 0.6 is 0 Å². The fourth-order valence-electron chi connectivity index (χ4n) is 8.38. The normalized spacial score (nSPS) is 19.5. The topological polar surface area (TPSA) is 125 Å². The summed E-state index contributed by atoms with van der Waals surface area (Å²) < 4.78 is 16.4. The van der Waals surface area contributed by atoms with Gasteiger partial charge in [0.1, 0.15) is 5.75 Å². The molecule has 2 aromatic carbocycles. The SMILES string of the molecule is CCN(c1cc(-c2ccc3c(c2)NC(=O)C32CCOCC2)cc(C(=O)NCc2c(OC)cc(C)[nH]c2=O)c1C)C1CCC(N(C)CCOC)CC1. The average Bonchev–Trinajstić information content (AvgIpc) is 3.39. The first-order valence-corrected chi connectivity index (χ1v) is 18.3. The number of nitrogens with one attached hydrogen (secondary N) is 3. The Labute approximate surface area is 301 Å². The fraction of sp³-hybridized carbons (Fsp3) is 0.525. The predicted molar refractivity (Wildman–Crippen MR) is 200 cm³/mol. The summed E-state index contributed by atoms with van der Waals surface area (Å²) in [6.45, 7) is 9.56. The number of hydrogen-bond acceptors (Lipinski definition) is 8. The zero-order valence-corrected chi connectivity index (χ0v) is 30.9. The van der Waals surface area contributed by atoms with Crippen molar-refractivity contribution in [3.05, 3.63) is 74.7 Å². The Kier molecular flexibility index (Phi) is 11.2. The first kappa shape index (κ1) is 36.6. The van der Waals surface area contributed by atoms with Gasteiger partial charge in [-0.3, -0.25) is 14.4 Å². The van der Waals surface area contributed by atoms with Gasteiger partial charge < -0.3 is 39.6 Å². The third kappa shape index (κ3) is 7.29. The van der Waals surface area contributed by atoms with Crippen LogP contribution in [0.3, 0.4) is 0 Å². The number of ether oxygens (including phenoxy) is 3. The molecule has 2 fully saturated rings. The minimum absolute atomic E-state index is 0.0192. The molecular formula is C40H53N5O6. The van der Waals surface area contributed by atoms with Crippen LogP contribution in [0.1, 0.15) is 78.2 Å². The van der Waals surface area contributed by atoms with Crippen molar-refractivity contribution in [2.75, 3.05) is 64.4 Å². The van der Waals surface area contributed by atoms with Crippen LogP contribution in [-0.4, -0.2) is 88.0 Å². The van der Waals surface area contributed by atoms with E-state index in [4.69, 9.17) is 14.2 Å². The molecular weight excluding hydrogens is 646 g/mol. The van der Waals surface area contributed by atoms with Gasteiger partial charge >= 0.3 is 0 Å². The van der Waals surface area contributed by atoms with E-state index >= 15 is 0 Å². The van der Waals surface area contributed by atoms with Gasteiger partial charge in [-0.2, -0.15) is 0 Å². The van der Waals surface area contributed by atoms with Crippen LogP contribution in [0.4, 0.5) is 11.4 Å². The molecule has 0 atom stereocenters. The molecule has 1 spiro atoms. The molecule has 2 amide bonds. The van der Waals surface area contributed by atoms with Crippen LogP contribution in [0.15, 0.2) is 41.2 Å². The van der Waals surface area contributed by atoms with E-state index in [1.165, 1.54) is 7.11 Å². The molecule has 11 nitrogen and oxygen atoms in total. The lowest BCUT2D eigenvalue weighted by atomic mass is 9.75. The van der Waals surface area contributed by atoms with Gasteiger partial charge in [-0.05, 0) is 113 Å². The quantitative estimate of drug-likeness (QED) is 0.232. The lowest BCUT2D eigenvalue weighted by molar-refractivity contribution is -0.124. The summed E-state index contributed by atoms with van der Waals surface area (Å²) in [5.41, 5.74) is 6.31. The van der Waals surface area contributed by atoms with Crippen molar-refractivity contribution < 1.29 is 23.8 Å². The molecule has 6 rings (SSSR count). The number of nitrogens with zero attached hydrogens (tertiary/aromatic N) is 2. The number of carbonyl (C=O) groups is 2. The maximum atomic E-state index is 14.1. The summed E-state index contributed by atoms with van der Waals surface area (Å²) in [6, 6.07) is 12.9. The average molecular weight is 700 g/mol. The number of amides is 2. The highest BCUT2D eigenvalue weighted by molar-refractivity contribution is 6.07. The number of fused-ring (bicyclic) bond motifs is 2. The highest BCUT2D eigenvalue weighted by Crippen LogP contribution is 2.46. The van der Waals surface area contributed by atoms with Crippen molar-refractivity contribution in [3.63, 3.8) is 0 Å². The lowest BCUT2D eigenvalue weighted by Gasteiger charge is -2.41. The van der Waals surface area contributed by atoms with E-state index in [1.807, 2.05) is 19.1 Å². The van der Waals surface area contributed by atoms with Gasteiger partial charge in [-0.1, -0.05) is 12.1 Å². The fourth-order valence-corrected chi connectivity index (χ4v) is 8.38. The number of benzene rings is 2. The summed E-state index contributed by atoms with van der Waals surface area (Å²) >= 11 is 0. The summed E-state index contributed by atoms with van der Waals surface area (Å²) in [5.74, 6) is 0.198. The second kappa shape index (κ2) is 15.6. The van der Waals surface area contributed by atoms with E-state index in [-0.39, 0.29) is 23.9 Å². The highest BCUT2D eigenvalue weighted by Gasteiger charge is 2.47. The van der Waals surface area contributed by atoms with E-state index in [2.05, 4.69) is 57.6 Å². The molecule has 0 radical (unpaired) electrons. The molecule has 2 aliphatic heterocycles. The van der Waals surface area contributed by atoms with E-state index in [0.29, 0.717) is 60.7 Å². The van der Waals surface area contributed by atoms with Crippen LogP contribution in [0.2, 0.25) is 0 Å². The second-order valence-corrected chi connectivity index (χ2v) is 14.3. The van der Waals surface area contributed by atoms with Crippen LogP contribution < -0.4 is 25.8 Å². The van der Waals surface area contributed by atoms with Gasteiger partial charge in [0.25, 0.3) is 11.5 Å². The van der Waals surface area contributed by atoms with E-state index in [0.717, 1.165) is 79.0 Å². The van der Waals surface area contributed by atoms with Crippen molar-refractivity contribution in [1.29, 1.82) is 0 Å². The number of aryl methyl sites for hydroxylation is 1. The van der Waals surface area contributed by atoms with Gasteiger partial charge in [0.05, 0.1) is 31.2 Å². The summed E-state index contributed by atoms with van der Waals surface area (Å²) in [7, 11) is 5.45. The van der Waals surface area contributed by atoms with Gasteiger partial charge in [-0.15, -0.1) is 0 Å². The number of methoxy groups -OCH3 is 2. The molecule has 1 saturated carbocycles. The Morgan fingerprint density at radius 3 is 2.41 bits per heavy atom. The maximum Gasteiger partial charge on any atom is 0.256 e. The van der Waals surface area contributed by atoms with Crippen LogP contribution in [0, 0.1) is 13.8 Å². The first-order valence-electron chi connectivity index (χ1n) is 18.3. The molecule has 1 saturated heterocycles. The molecule has 1 aromatic heterocycles. The third-order valence-corrected chi connectivity index (χ3v) is 11.4. The molecule has 3 aliphatic rings. The van der Waals surface area contributed by atoms with Crippen molar-refractivity contribution >= 4 is 23.2 Å². The van der Waals surface area contributed by atoms with Gasteiger partial charge in [0, 0.05) is 68.1 Å². The van der Waals surface area contributed by atoms with Gasteiger partial charge in [-0.25, -0.2) is 0 Å². The molecule has 3 heterocycles. The Morgan fingerprint density at radius 2 is 1.73 bits per heavy atom. The van der Waals surface area contributed by atoms with E-state index in [9.17, 15) is 14.4 Å². The first-order chi connectivity index (χ1) is 24.6. The number of likely N-dealkylation sites (N-methyl/N-ethyl adjacent to an activating group) is 1. The van der Waals surface area contributed by atoms with Crippen molar-refractivity contribution in [1.82, 2.24) is 15.2 Å². The summed E-state index contributed by atoms with van der Waals surface area (Å²) in [4.78, 5) is 48.0. The molecule has 0 unspecified atom stereocenters. The number of aromatic nitrogens is 1. The van der Waals surface area contributed by atoms with Crippen molar-refractivity contribution in [2.45, 2.75) is 83.3 Å². The summed E-state index contributed by atoms with van der Waals surface area (Å²) in [5, 5.41) is 6.17. The number of rotatable bonds is 12. The second-order valence-electron chi connectivity index (χ2n) is 14.3. The third-order valence-electron chi connectivity index (χ3n) is 11.4. The summed E-state index contributed by atoms with van der Waals surface area (Å²) in [6.07, 6.45) is 5.61. The minimum atomic E-state index is -0.556. The highest BCUT2D eigenvalue weighted by atomic mass is 16.5.